The number of non-ortho nitro benzene ring substituents is 1. The fourth-order valence-electron chi connectivity index (χ4n) is 5.59. The SMILES string of the molecule is Cc1cc2c([nH]1)[C@@H]1CCCC[C@@H]1[C@@H]1C(=O)N(c3cccc([N+](=O)[O-])c3)C(=O)[C@H]21. The Labute approximate surface area is 161 Å². The Balaban J connectivity index is 1.63. The Morgan fingerprint density at radius 3 is 2.71 bits per heavy atom. The van der Waals surface area contributed by atoms with Crippen LogP contribution in [0.15, 0.2) is 30.3 Å². The molecule has 0 bridgehead atoms. The molecule has 5 rings (SSSR count). The number of imide groups is 1. The normalized spacial score (nSPS) is 28.7. The number of aromatic amines is 1. The first-order valence-corrected chi connectivity index (χ1v) is 9.79. The van der Waals surface area contributed by atoms with Gasteiger partial charge < -0.3 is 4.98 Å². The van der Waals surface area contributed by atoms with E-state index in [2.05, 4.69) is 4.98 Å². The van der Waals surface area contributed by atoms with E-state index in [-0.39, 0.29) is 35.3 Å². The summed E-state index contributed by atoms with van der Waals surface area (Å²) < 4.78 is 0. The minimum atomic E-state index is -0.508. The van der Waals surface area contributed by atoms with Gasteiger partial charge in [-0.2, -0.15) is 0 Å². The number of nitro groups is 1. The third kappa shape index (κ3) is 2.28. The maximum Gasteiger partial charge on any atom is 0.271 e. The monoisotopic (exact) mass is 379 g/mol. The molecule has 144 valence electrons. The number of carbonyl (C=O) groups is 2. The van der Waals surface area contributed by atoms with Crippen molar-refractivity contribution in [2.75, 3.05) is 4.90 Å². The van der Waals surface area contributed by atoms with Crippen molar-refractivity contribution in [1.29, 1.82) is 0 Å². The third-order valence-corrected chi connectivity index (χ3v) is 6.65. The average molecular weight is 379 g/mol. The zero-order chi connectivity index (χ0) is 19.6. The summed E-state index contributed by atoms with van der Waals surface area (Å²) in [6, 6.07) is 7.80. The molecule has 1 aromatic carbocycles. The average Bonchev–Trinajstić information content (AvgIpc) is 3.19. The van der Waals surface area contributed by atoms with Crippen LogP contribution >= 0.6 is 0 Å². The van der Waals surface area contributed by atoms with E-state index >= 15 is 0 Å². The lowest BCUT2D eigenvalue weighted by molar-refractivity contribution is -0.384. The molecule has 1 N–H and O–H groups in total. The Kier molecular flexibility index (Phi) is 3.69. The van der Waals surface area contributed by atoms with Crippen molar-refractivity contribution in [2.45, 2.75) is 44.4 Å². The number of hydrogen-bond donors (Lipinski definition) is 1. The van der Waals surface area contributed by atoms with Gasteiger partial charge >= 0.3 is 0 Å². The van der Waals surface area contributed by atoms with Crippen LogP contribution in [0.4, 0.5) is 11.4 Å². The van der Waals surface area contributed by atoms with Crippen LogP contribution in [-0.4, -0.2) is 21.7 Å². The molecule has 2 aromatic rings. The quantitative estimate of drug-likeness (QED) is 0.488. The summed E-state index contributed by atoms with van der Waals surface area (Å²) in [4.78, 5) is 42.1. The van der Waals surface area contributed by atoms with Crippen molar-refractivity contribution in [3.05, 3.63) is 57.4 Å². The smallest absolute Gasteiger partial charge is 0.271 e. The highest BCUT2D eigenvalue weighted by Gasteiger charge is 2.58. The molecule has 28 heavy (non-hydrogen) atoms. The number of nitro benzene ring substituents is 1. The lowest BCUT2D eigenvalue weighted by atomic mass is 9.62. The molecule has 3 aliphatic rings. The highest BCUT2D eigenvalue weighted by atomic mass is 16.6. The van der Waals surface area contributed by atoms with E-state index < -0.39 is 10.8 Å². The number of amides is 2. The van der Waals surface area contributed by atoms with Crippen LogP contribution in [0.25, 0.3) is 0 Å². The van der Waals surface area contributed by atoms with E-state index in [1.165, 1.54) is 23.1 Å². The van der Waals surface area contributed by atoms with E-state index in [9.17, 15) is 19.7 Å². The van der Waals surface area contributed by atoms with Gasteiger partial charge in [-0.15, -0.1) is 0 Å². The number of fused-ring (bicyclic) bond motifs is 6. The second kappa shape index (κ2) is 6.02. The molecule has 0 radical (unpaired) electrons. The van der Waals surface area contributed by atoms with Gasteiger partial charge in [0.05, 0.1) is 22.4 Å². The number of carbonyl (C=O) groups excluding carboxylic acids is 2. The Bertz CT molecular complexity index is 1010. The van der Waals surface area contributed by atoms with Crippen molar-refractivity contribution in [1.82, 2.24) is 4.98 Å². The van der Waals surface area contributed by atoms with E-state index in [4.69, 9.17) is 0 Å². The minimum absolute atomic E-state index is 0.123. The number of nitrogens with one attached hydrogen (secondary N) is 1. The first-order chi connectivity index (χ1) is 13.5. The van der Waals surface area contributed by atoms with Crippen molar-refractivity contribution in [2.24, 2.45) is 11.8 Å². The molecule has 2 amide bonds. The maximum absolute atomic E-state index is 13.4. The zero-order valence-electron chi connectivity index (χ0n) is 15.6. The van der Waals surface area contributed by atoms with Crippen LogP contribution in [0, 0.1) is 28.9 Å². The summed E-state index contributed by atoms with van der Waals surface area (Å²) in [5.74, 6) is -0.924. The first kappa shape index (κ1) is 17.2. The van der Waals surface area contributed by atoms with Crippen molar-refractivity contribution in [3.63, 3.8) is 0 Å². The molecule has 7 heteroatoms. The number of benzene rings is 1. The summed E-state index contributed by atoms with van der Waals surface area (Å²) in [7, 11) is 0. The van der Waals surface area contributed by atoms with Crippen molar-refractivity contribution >= 4 is 23.2 Å². The fourth-order valence-corrected chi connectivity index (χ4v) is 5.59. The topological polar surface area (TPSA) is 96.3 Å². The van der Waals surface area contributed by atoms with E-state index in [1.807, 2.05) is 13.0 Å². The lowest BCUT2D eigenvalue weighted by Gasteiger charge is -2.40. The molecule has 1 aliphatic heterocycles. The standard InChI is InChI=1S/C21H21N3O4/c1-11-9-16-18-17(14-7-2-3-8-15(14)19(16)22-11)20(25)23(21(18)26)12-5-4-6-13(10-12)24(27)28/h4-6,9-10,14-15,17-18,22H,2-3,7-8H2,1H3/t14-,15+,17-,18+/m0/s1. The molecule has 1 aromatic heterocycles. The predicted octanol–water partition coefficient (Wildman–Crippen LogP) is 3.79. The fraction of sp³-hybridized carbons (Fsp3) is 0.429. The number of H-pyrrole nitrogens is 1. The van der Waals surface area contributed by atoms with Crippen LogP contribution in [-0.2, 0) is 9.59 Å². The molecule has 2 fully saturated rings. The van der Waals surface area contributed by atoms with Gasteiger partial charge in [0.1, 0.15) is 0 Å². The number of aryl methyl sites for hydroxylation is 1. The van der Waals surface area contributed by atoms with E-state index in [1.54, 1.807) is 6.07 Å². The van der Waals surface area contributed by atoms with E-state index in [0.717, 1.165) is 42.6 Å². The highest BCUT2D eigenvalue weighted by molar-refractivity contribution is 6.24. The number of nitrogens with zero attached hydrogens (tertiary/aromatic N) is 2. The second-order valence-corrected chi connectivity index (χ2v) is 8.17. The van der Waals surface area contributed by atoms with Gasteiger partial charge in [-0.25, -0.2) is 4.90 Å². The molecule has 1 saturated heterocycles. The summed E-state index contributed by atoms with van der Waals surface area (Å²) in [6.45, 7) is 1.98. The lowest BCUT2D eigenvalue weighted by Crippen LogP contribution is -2.37. The number of hydrogen-bond acceptors (Lipinski definition) is 4. The number of rotatable bonds is 2. The highest BCUT2D eigenvalue weighted by Crippen LogP contribution is 2.56. The molecular formula is C21H21N3O4. The van der Waals surface area contributed by atoms with Crippen molar-refractivity contribution in [3.8, 4) is 0 Å². The molecular weight excluding hydrogens is 358 g/mol. The minimum Gasteiger partial charge on any atom is -0.362 e. The predicted molar refractivity (Wildman–Crippen MR) is 102 cm³/mol. The van der Waals surface area contributed by atoms with Gasteiger partial charge in [-0.1, -0.05) is 18.9 Å². The van der Waals surface area contributed by atoms with Gasteiger partial charge in [0, 0.05) is 29.4 Å². The summed E-state index contributed by atoms with van der Waals surface area (Å²) in [5.41, 5.74) is 3.23. The van der Waals surface area contributed by atoms with Crippen LogP contribution < -0.4 is 4.90 Å². The van der Waals surface area contributed by atoms with Crippen LogP contribution in [0.3, 0.4) is 0 Å². The Hall–Kier alpha value is -2.96. The van der Waals surface area contributed by atoms with Crippen LogP contribution in [0.5, 0.6) is 0 Å². The molecule has 0 unspecified atom stereocenters. The summed E-state index contributed by atoms with van der Waals surface area (Å²) in [5, 5.41) is 11.1. The molecule has 2 aliphatic carbocycles. The molecule has 1 saturated carbocycles. The van der Waals surface area contributed by atoms with E-state index in [0.29, 0.717) is 5.69 Å². The van der Waals surface area contributed by atoms with Gasteiger partial charge in [-0.3, -0.25) is 19.7 Å². The van der Waals surface area contributed by atoms with Crippen LogP contribution in [0.2, 0.25) is 0 Å². The second-order valence-electron chi connectivity index (χ2n) is 8.17. The maximum atomic E-state index is 13.4. The first-order valence-electron chi connectivity index (χ1n) is 9.79. The molecule has 2 heterocycles. The zero-order valence-corrected chi connectivity index (χ0v) is 15.6. The van der Waals surface area contributed by atoms with Gasteiger partial charge in [-0.05, 0) is 43.4 Å². The van der Waals surface area contributed by atoms with Gasteiger partial charge in [0.25, 0.3) is 5.69 Å². The molecule has 0 spiro atoms. The summed E-state index contributed by atoms with van der Waals surface area (Å²) >= 11 is 0. The largest absolute Gasteiger partial charge is 0.362 e. The Morgan fingerprint density at radius 2 is 1.93 bits per heavy atom. The van der Waals surface area contributed by atoms with Gasteiger partial charge in [0.2, 0.25) is 11.8 Å². The molecule has 7 nitrogen and oxygen atoms in total. The number of aromatic nitrogens is 1. The third-order valence-electron chi connectivity index (χ3n) is 6.65. The molecule has 4 atom stereocenters. The summed E-state index contributed by atoms with van der Waals surface area (Å²) in [6.07, 6.45) is 4.16. The van der Waals surface area contributed by atoms with Gasteiger partial charge in [0.15, 0.2) is 0 Å². The Morgan fingerprint density at radius 1 is 1.14 bits per heavy atom. The van der Waals surface area contributed by atoms with Crippen LogP contribution in [0.1, 0.15) is 54.5 Å². The van der Waals surface area contributed by atoms with Crippen molar-refractivity contribution < 1.29 is 14.5 Å². The number of anilines is 1.